The molecular formula is C19H21N5O3. The number of nitrogens with zero attached hydrogens (tertiary/aromatic N) is 4. The molecule has 0 saturated heterocycles. The summed E-state index contributed by atoms with van der Waals surface area (Å²) in [5.41, 5.74) is 0.284. The quantitative estimate of drug-likeness (QED) is 0.686. The molecule has 8 nitrogen and oxygen atoms in total. The van der Waals surface area contributed by atoms with Gasteiger partial charge in [-0.15, -0.1) is 5.10 Å². The first-order chi connectivity index (χ1) is 13.0. The van der Waals surface area contributed by atoms with Gasteiger partial charge in [-0.05, 0) is 50.2 Å². The average Bonchev–Trinajstić information content (AvgIpc) is 3.18. The van der Waals surface area contributed by atoms with Gasteiger partial charge in [-0.1, -0.05) is 0 Å². The van der Waals surface area contributed by atoms with Crippen molar-refractivity contribution >= 4 is 5.91 Å². The highest BCUT2D eigenvalue weighted by atomic mass is 16.5. The number of carbonyl (C=O) groups excluding carboxylic acids is 1. The van der Waals surface area contributed by atoms with Gasteiger partial charge in [-0.3, -0.25) is 9.59 Å². The number of ether oxygens (including phenoxy) is 1. The normalized spacial score (nSPS) is 10.8. The third-order valence-electron chi connectivity index (χ3n) is 3.69. The number of amides is 1. The van der Waals surface area contributed by atoms with Crippen molar-refractivity contribution in [2.45, 2.75) is 26.5 Å². The molecule has 3 rings (SSSR count). The van der Waals surface area contributed by atoms with Crippen LogP contribution in [0.2, 0.25) is 0 Å². The molecule has 0 radical (unpaired) electrons. The van der Waals surface area contributed by atoms with Gasteiger partial charge in [-0.25, -0.2) is 9.36 Å². The Balaban J connectivity index is 1.58. The minimum Gasteiger partial charge on any atom is -0.491 e. The van der Waals surface area contributed by atoms with E-state index in [0.29, 0.717) is 17.1 Å². The molecule has 0 aliphatic rings. The van der Waals surface area contributed by atoms with Gasteiger partial charge in [0.15, 0.2) is 5.82 Å². The first kappa shape index (κ1) is 18.4. The fourth-order valence-corrected chi connectivity index (χ4v) is 2.46. The first-order valence-corrected chi connectivity index (χ1v) is 8.66. The maximum Gasteiger partial charge on any atom is 0.266 e. The topological polar surface area (TPSA) is 91.0 Å². The van der Waals surface area contributed by atoms with Crippen LogP contribution in [0.1, 0.15) is 24.2 Å². The van der Waals surface area contributed by atoms with E-state index in [-0.39, 0.29) is 30.7 Å². The van der Waals surface area contributed by atoms with Gasteiger partial charge in [0, 0.05) is 30.6 Å². The molecule has 0 bridgehead atoms. The van der Waals surface area contributed by atoms with Crippen LogP contribution in [0.5, 0.6) is 5.75 Å². The fourth-order valence-electron chi connectivity index (χ4n) is 2.46. The first-order valence-electron chi connectivity index (χ1n) is 8.66. The molecule has 2 aromatic heterocycles. The summed E-state index contributed by atoms with van der Waals surface area (Å²) in [6.07, 6.45) is 3.45. The predicted molar refractivity (Wildman–Crippen MR) is 100 cm³/mol. The smallest absolute Gasteiger partial charge is 0.266 e. The molecular weight excluding hydrogens is 346 g/mol. The summed E-state index contributed by atoms with van der Waals surface area (Å²) in [6, 6.07) is 11.7. The van der Waals surface area contributed by atoms with Crippen LogP contribution < -0.4 is 15.6 Å². The summed E-state index contributed by atoms with van der Waals surface area (Å²) in [5, 5.41) is 11.1. The molecule has 0 atom stereocenters. The third-order valence-corrected chi connectivity index (χ3v) is 3.69. The Morgan fingerprint density at radius 1 is 1.19 bits per heavy atom. The van der Waals surface area contributed by atoms with Crippen LogP contribution in [0.15, 0.2) is 59.7 Å². The van der Waals surface area contributed by atoms with E-state index in [0.717, 1.165) is 0 Å². The van der Waals surface area contributed by atoms with Crippen LogP contribution in [-0.2, 0) is 6.54 Å². The summed E-state index contributed by atoms with van der Waals surface area (Å²) in [5.74, 6) is 1.03. The van der Waals surface area contributed by atoms with Crippen molar-refractivity contribution < 1.29 is 9.53 Å². The molecule has 2 heterocycles. The monoisotopic (exact) mass is 367 g/mol. The number of hydrogen-bond donors (Lipinski definition) is 1. The number of carbonyl (C=O) groups is 1. The molecule has 1 amide bonds. The number of rotatable bonds is 7. The van der Waals surface area contributed by atoms with Crippen LogP contribution in [0.25, 0.3) is 5.82 Å². The fraction of sp³-hybridized carbons (Fsp3) is 0.263. The van der Waals surface area contributed by atoms with Crippen molar-refractivity contribution in [3.63, 3.8) is 0 Å². The van der Waals surface area contributed by atoms with Crippen molar-refractivity contribution in [3.05, 3.63) is 70.8 Å². The Bertz CT molecular complexity index is 946. The number of nitrogens with one attached hydrogen (secondary N) is 1. The molecule has 1 aromatic carbocycles. The van der Waals surface area contributed by atoms with E-state index in [9.17, 15) is 9.59 Å². The lowest BCUT2D eigenvalue weighted by Crippen LogP contribution is -2.32. The van der Waals surface area contributed by atoms with Crippen LogP contribution >= 0.6 is 0 Å². The zero-order valence-electron chi connectivity index (χ0n) is 15.2. The number of benzene rings is 1. The lowest BCUT2D eigenvalue weighted by molar-refractivity contribution is 0.0951. The summed E-state index contributed by atoms with van der Waals surface area (Å²) < 4.78 is 8.42. The van der Waals surface area contributed by atoms with Gasteiger partial charge in [0.1, 0.15) is 5.75 Å². The summed E-state index contributed by atoms with van der Waals surface area (Å²) in [7, 11) is 0. The Morgan fingerprint density at radius 2 is 1.96 bits per heavy atom. The van der Waals surface area contributed by atoms with Gasteiger partial charge in [0.2, 0.25) is 0 Å². The molecule has 0 spiro atoms. The van der Waals surface area contributed by atoms with Crippen molar-refractivity contribution in [2.24, 2.45) is 0 Å². The SMILES string of the molecule is CC(C)Oc1ccc(C(=O)NCCn2nc(-n3cccn3)ccc2=O)cc1. The maximum absolute atomic E-state index is 12.2. The van der Waals surface area contributed by atoms with Crippen LogP contribution in [0, 0.1) is 0 Å². The van der Waals surface area contributed by atoms with E-state index in [4.69, 9.17) is 4.74 Å². The highest BCUT2D eigenvalue weighted by Gasteiger charge is 2.07. The predicted octanol–water partition coefficient (Wildman–Crippen LogP) is 1.65. The van der Waals surface area contributed by atoms with Gasteiger partial charge in [-0.2, -0.15) is 5.10 Å². The van der Waals surface area contributed by atoms with E-state index >= 15 is 0 Å². The van der Waals surface area contributed by atoms with Gasteiger partial charge < -0.3 is 10.1 Å². The van der Waals surface area contributed by atoms with E-state index < -0.39 is 0 Å². The molecule has 27 heavy (non-hydrogen) atoms. The Labute approximate surface area is 156 Å². The Kier molecular flexibility index (Phi) is 5.65. The molecule has 8 heteroatoms. The highest BCUT2D eigenvalue weighted by molar-refractivity contribution is 5.94. The van der Waals surface area contributed by atoms with Crippen molar-refractivity contribution in [1.29, 1.82) is 0 Å². The minimum atomic E-state index is -0.240. The molecule has 3 aromatic rings. The van der Waals surface area contributed by atoms with Gasteiger partial charge >= 0.3 is 0 Å². The van der Waals surface area contributed by atoms with Gasteiger partial charge in [0.05, 0.1) is 12.6 Å². The number of hydrogen-bond acceptors (Lipinski definition) is 5. The van der Waals surface area contributed by atoms with Crippen LogP contribution in [-0.4, -0.2) is 38.1 Å². The lowest BCUT2D eigenvalue weighted by Gasteiger charge is -2.11. The lowest BCUT2D eigenvalue weighted by atomic mass is 10.2. The second-order valence-corrected chi connectivity index (χ2v) is 6.15. The zero-order chi connectivity index (χ0) is 19.2. The Morgan fingerprint density at radius 3 is 2.63 bits per heavy atom. The maximum atomic E-state index is 12.2. The standard InChI is InChI=1S/C19H21N5O3/c1-14(2)27-16-6-4-15(5-7-16)19(26)20-11-13-24-18(25)9-8-17(22-24)23-12-3-10-21-23/h3-10,12,14H,11,13H2,1-2H3,(H,20,26). The van der Waals surface area contributed by atoms with E-state index in [2.05, 4.69) is 15.5 Å². The number of aromatic nitrogens is 4. The average molecular weight is 367 g/mol. The summed E-state index contributed by atoms with van der Waals surface area (Å²) in [6.45, 7) is 4.42. The van der Waals surface area contributed by atoms with Crippen molar-refractivity contribution in [3.8, 4) is 11.6 Å². The molecule has 0 saturated carbocycles. The van der Waals surface area contributed by atoms with Crippen molar-refractivity contribution in [2.75, 3.05) is 6.54 Å². The molecule has 0 aliphatic carbocycles. The molecule has 0 fully saturated rings. The zero-order valence-corrected chi connectivity index (χ0v) is 15.2. The second-order valence-electron chi connectivity index (χ2n) is 6.15. The third kappa shape index (κ3) is 4.81. The summed E-state index contributed by atoms with van der Waals surface area (Å²) in [4.78, 5) is 24.2. The Hall–Kier alpha value is -3.42. The van der Waals surface area contributed by atoms with Crippen LogP contribution in [0.3, 0.4) is 0 Å². The van der Waals surface area contributed by atoms with Crippen molar-refractivity contribution in [1.82, 2.24) is 24.9 Å². The second kappa shape index (κ2) is 8.31. The van der Waals surface area contributed by atoms with E-state index in [1.165, 1.54) is 10.7 Å². The molecule has 0 unspecified atom stereocenters. The van der Waals surface area contributed by atoms with Gasteiger partial charge in [0.25, 0.3) is 11.5 Å². The van der Waals surface area contributed by atoms with E-state index in [1.54, 1.807) is 53.5 Å². The van der Waals surface area contributed by atoms with E-state index in [1.807, 2.05) is 13.8 Å². The molecule has 0 aliphatic heterocycles. The highest BCUT2D eigenvalue weighted by Crippen LogP contribution is 2.13. The molecule has 1 N–H and O–H groups in total. The largest absolute Gasteiger partial charge is 0.491 e. The molecule has 140 valence electrons. The summed E-state index contributed by atoms with van der Waals surface area (Å²) >= 11 is 0. The van der Waals surface area contributed by atoms with Crippen LogP contribution in [0.4, 0.5) is 0 Å². The minimum absolute atomic E-state index is 0.0768.